The van der Waals surface area contributed by atoms with Gasteiger partial charge in [0.05, 0.1) is 37.0 Å². The van der Waals surface area contributed by atoms with Crippen LogP contribution in [0.5, 0.6) is 0 Å². The maximum absolute atomic E-state index is 12.7. The molecule has 2 N–H and O–H groups in total. The summed E-state index contributed by atoms with van der Waals surface area (Å²) < 4.78 is 1.74. The number of H-pyrrole nitrogens is 1. The van der Waals surface area contributed by atoms with Crippen molar-refractivity contribution in [3.05, 3.63) is 71.6 Å². The van der Waals surface area contributed by atoms with Crippen molar-refractivity contribution in [3.63, 3.8) is 0 Å². The molecule has 1 atom stereocenters. The van der Waals surface area contributed by atoms with E-state index in [1.54, 1.807) is 46.4 Å². The number of imidazole rings is 1. The van der Waals surface area contributed by atoms with Crippen LogP contribution in [0.25, 0.3) is 0 Å². The van der Waals surface area contributed by atoms with Gasteiger partial charge in [-0.1, -0.05) is 18.2 Å². The van der Waals surface area contributed by atoms with Gasteiger partial charge in [0.15, 0.2) is 0 Å². The van der Waals surface area contributed by atoms with Gasteiger partial charge in [-0.25, -0.2) is 4.98 Å². The first-order valence-corrected chi connectivity index (χ1v) is 8.73. The summed E-state index contributed by atoms with van der Waals surface area (Å²) in [6.45, 7) is 0.909. The topological polar surface area (TPSA) is 95.9 Å². The molecule has 8 nitrogen and oxygen atoms in total. The molecule has 8 heteroatoms. The maximum atomic E-state index is 12.7. The van der Waals surface area contributed by atoms with Crippen molar-refractivity contribution in [1.29, 1.82) is 0 Å². The first-order valence-electron chi connectivity index (χ1n) is 8.73. The van der Waals surface area contributed by atoms with Crippen molar-refractivity contribution in [2.45, 2.75) is 12.5 Å². The number of benzene rings is 1. The molecule has 0 fully saturated rings. The number of nitrogens with zero attached hydrogens (tertiary/aromatic N) is 4. The second kappa shape index (κ2) is 7.06. The molecule has 3 aromatic rings. The van der Waals surface area contributed by atoms with Crippen LogP contribution < -0.4 is 5.32 Å². The second-order valence-corrected chi connectivity index (χ2v) is 6.59. The van der Waals surface area contributed by atoms with E-state index in [0.717, 1.165) is 17.0 Å². The third kappa shape index (κ3) is 3.46. The first kappa shape index (κ1) is 17.0. The summed E-state index contributed by atoms with van der Waals surface area (Å²) in [5, 5.41) is 6.93. The lowest BCUT2D eigenvalue weighted by molar-refractivity contribution is -0.131. The molecule has 3 heterocycles. The van der Waals surface area contributed by atoms with Gasteiger partial charge >= 0.3 is 0 Å². The van der Waals surface area contributed by atoms with Crippen molar-refractivity contribution in [2.75, 3.05) is 13.1 Å². The van der Waals surface area contributed by atoms with Gasteiger partial charge in [-0.2, -0.15) is 5.10 Å². The molecule has 2 aromatic heterocycles. The molecule has 0 bridgehead atoms. The van der Waals surface area contributed by atoms with E-state index in [2.05, 4.69) is 20.4 Å². The number of rotatable bonds is 4. The third-order valence-electron chi connectivity index (χ3n) is 4.75. The number of aromatic nitrogens is 4. The lowest BCUT2D eigenvalue weighted by atomic mass is 9.93. The number of aromatic amines is 1. The highest BCUT2D eigenvalue weighted by Crippen LogP contribution is 2.31. The summed E-state index contributed by atoms with van der Waals surface area (Å²) in [4.78, 5) is 34.2. The Labute approximate surface area is 156 Å². The van der Waals surface area contributed by atoms with Gasteiger partial charge in [-0.3, -0.25) is 14.3 Å². The van der Waals surface area contributed by atoms with E-state index in [0.29, 0.717) is 18.7 Å². The minimum atomic E-state index is -0.257. The normalized spacial score (nSPS) is 16.0. The Balaban J connectivity index is 1.46. The van der Waals surface area contributed by atoms with Gasteiger partial charge in [-0.05, 0) is 12.1 Å². The molecule has 1 aromatic carbocycles. The molecule has 138 valence electrons. The van der Waals surface area contributed by atoms with Gasteiger partial charge in [0, 0.05) is 36.8 Å². The minimum Gasteiger partial charge on any atom is -0.347 e. The highest BCUT2D eigenvalue weighted by molar-refractivity contribution is 5.96. The van der Waals surface area contributed by atoms with Crippen LogP contribution in [0, 0.1) is 0 Å². The lowest BCUT2D eigenvalue weighted by Crippen LogP contribution is -2.44. The Hall–Kier alpha value is -3.42. The fourth-order valence-electron chi connectivity index (χ4n) is 3.35. The summed E-state index contributed by atoms with van der Waals surface area (Å²) in [5.74, 6) is -0.428. The predicted octanol–water partition coefficient (Wildman–Crippen LogP) is 1.05. The summed E-state index contributed by atoms with van der Waals surface area (Å²) in [7, 11) is 1.86. The average Bonchev–Trinajstić information content (AvgIpc) is 3.34. The van der Waals surface area contributed by atoms with Gasteiger partial charge in [0.1, 0.15) is 0 Å². The molecule has 0 saturated heterocycles. The first-order chi connectivity index (χ1) is 13.1. The quantitative estimate of drug-likeness (QED) is 0.723. The summed E-state index contributed by atoms with van der Waals surface area (Å²) in [5.41, 5.74) is 3.41. The zero-order valence-corrected chi connectivity index (χ0v) is 14.9. The molecule has 4 rings (SSSR count). The van der Waals surface area contributed by atoms with E-state index >= 15 is 0 Å². The molecule has 1 aliphatic heterocycles. The Morgan fingerprint density at radius 1 is 1.30 bits per heavy atom. The number of carbonyl (C=O) groups is 2. The van der Waals surface area contributed by atoms with Crippen LogP contribution >= 0.6 is 0 Å². The maximum Gasteiger partial charge on any atom is 0.251 e. The van der Waals surface area contributed by atoms with Crippen molar-refractivity contribution >= 4 is 11.8 Å². The van der Waals surface area contributed by atoms with Crippen molar-refractivity contribution in [2.24, 2.45) is 7.05 Å². The smallest absolute Gasteiger partial charge is 0.251 e. The van der Waals surface area contributed by atoms with Crippen LogP contribution in [-0.4, -0.2) is 49.6 Å². The van der Waals surface area contributed by atoms with E-state index < -0.39 is 0 Å². The molecule has 0 saturated carbocycles. The molecule has 0 radical (unpaired) electrons. The highest BCUT2D eigenvalue weighted by Gasteiger charge is 2.32. The average molecular weight is 364 g/mol. The van der Waals surface area contributed by atoms with Gasteiger partial charge in [0.2, 0.25) is 5.91 Å². The van der Waals surface area contributed by atoms with Crippen LogP contribution in [0.2, 0.25) is 0 Å². The Morgan fingerprint density at radius 2 is 2.11 bits per heavy atom. The summed E-state index contributed by atoms with van der Waals surface area (Å²) in [6.07, 6.45) is 5.39. The SMILES string of the molecule is Cn1cc(C2CN(C(=O)CNC(=O)c3ccccc3)Cc3[nH]cnc32)cn1. The molecule has 0 spiro atoms. The highest BCUT2D eigenvalue weighted by atomic mass is 16.2. The van der Waals surface area contributed by atoms with Gasteiger partial charge in [-0.15, -0.1) is 0 Å². The number of carbonyl (C=O) groups excluding carboxylic acids is 2. The summed E-state index contributed by atoms with van der Waals surface area (Å²) in [6, 6.07) is 8.86. The molecule has 1 unspecified atom stereocenters. The van der Waals surface area contributed by atoms with E-state index in [-0.39, 0.29) is 24.3 Å². The fraction of sp³-hybridized carbons (Fsp3) is 0.263. The molecule has 2 amide bonds. The number of fused-ring (bicyclic) bond motifs is 1. The monoisotopic (exact) mass is 364 g/mol. The van der Waals surface area contributed by atoms with Gasteiger partial charge < -0.3 is 15.2 Å². The molecule has 0 aliphatic carbocycles. The number of hydrogen-bond acceptors (Lipinski definition) is 4. The van der Waals surface area contributed by atoms with Crippen LogP contribution in [0.3, 0.4) is 0 Å². The number of amides is 2. The van der Waals surface area contributed by atoms with Crippen LogP contribution in [-0.2, 0) is 18.4 Å². The van der Waals surface area contributed by atoms with E-state index in [1.807, 2.05) is 19.3 Å². The van der Waals surface area contributed by atoms with Crippen LogP contribution in [0.1, 0.15) is 33.2 Å². The van der Waals surface area contributed by atoms with Crippen molar-refractivity contribution in [1.82, 2.24) is 30.0 Å². The standard InChI is InChI=1S/C19H20N6O2/c1-24-9-14(7-23-24)15-10-25(11-16-18(15)22-12-21-16)17(26)8-20-19(27)13-5-3-2-4-6-13/h2-7,9,12,15H,8,10-11H2,1H3,(H,20,27)(H,21,22). The second-order valence-electron chi connectivity index (χ2n) is 6.59. The van der Waals surface area contributed by atoms with Crippen LogP contribution in [0.4, 0.5) is 0 Å². The molecule has 27 heavy (non-hydrogen) atoms. The molecular weight excluding hydrogens is 344 g/mol. The molecular formula is C19H20N6O2. The zero-order chi connectivity index (χ0) is 18.8. The summed E-state index contributed by atoms with van der Waals surface area (Å²) >= 11 is 0. The Kier molecular flexibility index (Phi) is 4.45. The van der Waals surface area contributed by atoms with Gasteiger partial charge in [0.25, 0.3) is 5.91 Å². The van der Waals surface area contributed by atoms with E-state index in [1.165, 1.54) is 0 Å². The Morgan fingerprint density at radius 3 is 2.85 bits per heavy atom. The predicted molar refractivity (Wildman–Crippen MR) is 97.8 cm³/mol. The number of hydrogen-bond donors (Lipinski definition) is 2. The largest absolute Gasteiger partial charge is 0.347 e. The van der Waals surface area contributed by atoms with Crippen molar-refractivity contribution < 1.29 is 9.59 Å². The molecule has 1 aliphatic rings. The number of nitrogens with one attached hydrogen (secondary N) is 2. The fourth-order valence-corrected chi connectivity index (χ4v) is 3.35. The van der Waals surface area contributed by atoms with Crippen LogP contribution in [0.15, 0.2) is 49.1 Å². The van der Waals surface area contributed by atoms with E-state index in [9.17, 15) is 9.59 Å². The van der Waals surface area contributed by atoms with E-state index in [4.69, 9.17) is 0 Å². The lowest BCUT2D eigenvalue weighted by Gasteiger charge is -2.31. The minimum absolute atomic E-state index is 0.0394. The third-order valence-corrected chi connectivity index (χ3v) is 4.75. The number of aryl methyl sites for hydroxylation is 1. The zero-order valence-electron chi connectivity index (χ0n) is 14.9. The Bertz CT molecular complexity index is 962. The van der Waals surface area contributed by atoms with Crippen molar-refractivity contribution in [3.8, 4) is 0 Å².